The topological polar surface area (TPSA) is 26.3 Å². The summed E-state index contributed by atoms with van der Waals surface area (Å²) in [5.41, 5.74) is 0. The van der Waals surface area contributed by atoms with E-state index in [2.05, 4.69) is 0 Å². The maximum Gasteiger partial charge on any atom is 0.302 e. The highest BCUT2D eigenvalue weighted by Crippen LogP contribution is 2.24. The Morgan fingerprint density at radius 2 is 1.60 bits per heavy atom. The first-order valence-corrected chi connectivity index (χ1v) is 7.67. The third-order valence-electron chi connectivity index (χ3n) is 3.06. The van der Waals surface area contributed by atoms with Crippen molar-refractivity contribution < 1.29 is 18.3 Å². The zero-order chi connectivity index (χ0) is 15.3. The molecule has 0 aromatic carbocycles. The van der Waals surface area contributed by atoms with Gasteiger partial charge in [-0.05, 0) is 25.3 Å². The quantitative estimate of drug-likeness (QED) is 0.278. The molecule has 0 rings (SSSR count). The van der Waals surface area contributed by atoms with E-state index in [4.69, 9.17) is 4.74 Å². The van der Waals surface area contributed by atoms with Gasteiger partial charge in [-0.3, -0.25) is 4.79 Å². The van der Waals surface area contributed by atoms with Gasteiger partial charge in [0.2, 0.25) is 0 Å². The number of carbonyl (C=O) groups is 1. The van der Waals surface area contributed by atoms with Crippen LogP contribution in [0.1, 0.15) is 71.6 Å². The predicted molar refractivity (Wildman–Crippen MR) is 77.9 cm³/mol. The minimum atomic E-state index is -2.64. The second-order valence-corrected chi connectivity index (χ2v) is 5.14. The Labute approximate surface area is 121 Å². The van der Waals surface area contributed by atoms with E-state index in [1.165, 1.54) is 13.0 Å². The van der Waals surface area contributed by atoms with Crippen molar-refractivity contribution in [2.24, 2.45) is 0 Å². The van der Waals surface area contributed by atoms with Crippen LogP contribution in [-0.4, -0.2) is 18.5 Å². The van der Waals surface area contributed by atoms with E-state index in [0.29, 0.717) is 19.4 Å². The Balaban J connectivity index is 3.32. The van der Waals surface area contributed by atoms with Gasteiger partial charge in [0.15, 0.2) is 0 Å². The molecule has 0 bridgehead atoms. The summed E-state index contributed by atoms with van der Waals surface area (Å²) in [7, 11) is 0. The summed E-state index contributed by atoms with van der Waals surface area (Å²) < 4.78 is 31.4. The van der Waals surface area contributed by atoms with Gasteiger partial charge in [-0.15, -0.1) is 0 Å². The fraction of sp³-hybridized carbons (Fsp3) is 0.812. The van der Waals surface area contributed by atoms with Gasteiger partial charge in [-0.2, -0.15) is 0 Å². The molecule has 118 valence electrons. The van der Waals surface area contributed by atoms with Crippen LogP contribution in [0.5, 0.6) is 0 Å². The molecular formula is C16H28F2O2. The Bertz CT molecular complexity index is 276. The molecule has 0 aromatic rings. The number of ether oxygens (including phenoxy) is 1. The summed E-state index contributed by atoms with van der Waals surface area (Å²) in [5, 5.41) is 0. The molecule has 20 heavy (non-hydrogen) atoms. The van der Waals surface area contributed by atoms with Gasteiger partial charge in [-0.25, -0.2) is 8.78 Å². The van der Waals surface area contributed by atoms with Gasteiger partial charge >= 0.3 is 5.97 Å². The largest absolute Gasteiger partial charge is 0.466 e. The number of esters is 1. The number of hydrogen-bond acceptors (Lipinski definition) is 2. The summed E-state index contributed by atoms with van der Waals surface area (Å²) >= 11 is 0. The summed E-state index contributed by atoms with van der Waals surface area (Å²) in [4.78, 5) is 10.5. The van der Waals surface area contributed by atoms with Gasteiger partial charge in [0, 0.05) is 13.3 Å². The molecule has 0 aromatic heterocycles. The highest BCUT2D eigenvalue weighted by Gasteiger charge is 2.23. The SMILES string of the molecule is CC/C=C\C(F)(F)CCCCCCCCCOC(C)=O. The highest BCUT2D eigenvalue weighted by molar-refractivity contribution is 5.65. The first kappa shape index (κ1) is 19.1. The molecule has 2 nitrogen and oxygen atoms in total. The van der Waals surface area contributed by atoms with Crippen LogP contribution in [0.3, 0.4) is 0 Å². The lowest BCUT2D eigenvalue weighted by Crippen LogP contribution is -2.11. The third-order valence-corrected chi connectivity index (χ3v) is 3.06. The fourth-order valence-electron chi connectivity index (χ4n) is 1.94. The molecule has 0 heterocycles. The summed E-state index contributed by atoms with van der Waals surface area (Å²) in [6.07, 6.45) is 9.67. The van der Waals surface area contributed by atoms with Crippen molar-refractivity contribution in [2.45, 2.75) is 77.6 Å². The van der Waals surface area contributed by atoms with E-state index in [1.54, 1.807) is 0 Å². The number of carbonyl (C=O) groups excluding carboxylic acids is 1. The van der Waals surface area contributed by atoms with Crippen molar-refractivity contribution in [1.82, 2.24) is 0 Å². The first-order chi connectivity index (χ1) is 9.48. The highest BCUT2D eigenvalue weighted by atomic mass is 19.3. The Morgan fingerprint density at radius 3 is 2.15 bits per heavy atom. The number of allylic oxidation sites excluding steroid dienone is 2. The van der Waals surface area contributed by atoms with Crippen molar-refractivity contribution in [1.29, 1.82) is 0 Å². The average Bonchev–Trinajstić information content (AvgIpc) is 2.38. The van der Waals surface area contributed by atoms with Crippen LogP contribution in [0.2, 0.25) is 0 Å². The molecule has 0 saturated heterocycles. The minimum absolute atomic E-state index is 0.0457. The van der Waals surface area contributed by atoms with Crippen molar-refractivity contribution in [3.8, 4) is 0 Å². The van der Waals surface area contributed by atoms with Crippen LogP contribution in [0, 0.1) is 0 Å². The van der Waals surface area contributed by atoms with Gasteiger partial charge in [0.05, 0.1) is 6.61 Å². The molecule has 4 heteroatoms. The van der Waals surface area contributed by atoms with Crippen LogP contribution >= 0.6 is 0 Å². The summed E-state index contributed by atoms with van der Waals surface area (Å²) in [6, 6.07) is 0. The van der Waals surface area contributed by atoms with E-state index < -0.39 is 5.92 Å². The normalized spacial score (nSPS) is 12.0. The molecule has 0 radical (unpaired) electrons. The van der Waals surface area contributed by atoms with E-state index in [-0.39, 0.29) is 12.4 Å². The molecule has 0 unspecified atom stereocenters. The van der Waals surface area contributed by atoms with Crippen molar-refractivity contribution in [2.75, 3.05) is 6.61 Å². The van der Waals surface area contributed by atoms with Crippen LogP contribution in [0.15, 0.2) is 12.2 Å². The van der Waals surface area contributed by atoms with Gasteiger partial charge in [0.25, 0.3) is 5.92 Å². The maximum absolute atomic E-state index is 13.3. The average molecular weight is 290 g/mol. The maximum atomic E-state index is 13.3. The number of rotatable bonds is 12. The fourth-order valence-corrected chi connectivity index (χ4v) is 1.94. The summed E-state index contributed by atoms with van der Waals surface area (Å²) in [6.45, 7) is 3.75. The lowest BCUT2D eigenvalue weighted by Gasteiger charge is -2.11. The number of hydrogen-bond donors (Lipinski definition) is 0. The molecule has 0 N–H and O–H groups in total. The first-order valence-electron chi connectivity index (χ1n) is 7.67. The molecule has 0 atom stereocenters. The second-order valence-electron chi connectivity index (χ2n) is 5.14. The van der Waals surface area contributed by atoms with E-state index >= 15 is 0 Å². The van der Waals surface area contributed by atoms with E-state index in [9.17, 15) is 13.6 Å². The van der Waals surface area contributed by atoms with Gasteiger partial charge in [0.1, 0.15) is 0 Å². The Kier molecular flexibility index (Phi) is 11.3. The molecule has 0 aliphatic rings. The second kappa shape index (κ2) is 11.9. The standard InChI is InChI=1S/C16H28F2O2/c1-3-4-12-16(17,18)13-10-8-6-5-7-9-11-14-20-15(2)19/h4,12H,3,5-11,13-14H2,1-2H3/b12-4-. The molecular weight excluding hydrogens is 262 g/mol. The monoisotopic (exact) mass is 290 g/mol. The van der Waals surface area contributed by atoms with Crippen LogP contribution < -0.4 is 0 Å². The van der Waals surface area contributed by atoms with Crippen LogP contribution in [0.25, 0.3) is 0 Å². The molecule has 0 spiro atoms. The number of halogens is 2. The van der Waals surface area contributed by atoms with Crippen LogP contribution in [-0.2, 0) is 9.53 Å². The minimum Gasteiger partial charge on any atom is -0.466 e. The smallest absolute Gasteiger partial charge is 0.302 e. The number of alkyl halides is 2. The van der Waals surface area contributed by atoms with Gasteiger partial charge < -0.3 is 4.74 Å². The molecule has 0 aliphatic heterocycles. The molecule has 0 fully saturated rings. The number of unbranched alkanes of at least 4 members (excludes halogenated alkanes) is 6. The molecule has 0 aliphatic carbocycles. The van der Waals surface area contributed by atoms with E-state index in [0.717, 1.165) is 44.6 Å². The Hall–Kier alpha value is -0.930. The molecule has 0 saturated carbocycles. The van der Waals surface area contributed by atoms with Gasteiger partial charge in [-0.1, -0.05) is 45.1 Å². The van der Waals surface area contributed by atoms with Crippen LogP contribution in [0.4, 0.5) is 8.78 Å². The Morgan fingerprint density at radius 1 is 1.05 bits per heavy atom. The van der Waals surface area contributed by atoms with Crippen molar-refractivity contribution in [3.63, 3.8) is 0 Å². The van der Waals surface area contributed by atoms with Crippen molar-refractivity contribution in [3.05, 3.63) is 12.2 Å². The molecule has 0 amide bonds. The predicted octanol–water partition coefficient (Wildman–Crippen LogP) is 5.27. The zero-order valence-corrected chi connectivity index (χ0v) is 12.8. The van der Waals surface area contributed by atoms with Crippen molar-refractivity contribution >= 4 is 5.97 Å². The third kappa shape index (κ3) is 13.5. The van der Waals surface area contributed by atoms with E-state index in [1.807, 2.05) is 6.92 Å². The lowest BCUT2D eigenvalue weighted by atomic mass is 10.1. The zero-order valence-electron chi connectivity index (χ0n) is 12.8. The summed E-state index contributed by atoms with van der Waals surface area (Å²) in [5.74, 6) is -2.87. The lowest BCUT2D eigenvalue weighted by molar-refractivity contribution is -0.141.